The zero-order valence-corrected chi connectivity index (χ0v) is 18.2. The number of nitrogens with one attached hydrogen (secondary N) is 2. The first-order valence-corrected chi connectivity index (χ1v) is 11.5. The second kappa shape index (κ2) is 7.75. The van der Waals surface area contributed by atoms with Crippen molar-refractivity contribution in [3.8, 4) is 5.88 Å². The van der Waals surface area contributed by atoms with Crippen LogP contribution in [-0.4, -0.2) is 72.7 Å². The number of amides is 1. The van der Waals surface area contributed by atoms with E-state index in [0.717, 1.165) is 24.1 Å². The molecule has 3 aromatic rings. The minimum atomic E-state index is -0.484. The van der Waals surface area contributed by atoms with Crippen LogP contribution in [0.15, 0.2) is 22.1 Å². The van der Waals surface area contributed by atoms with Crippen LogP contribution in [0, 0.1) is 5.92 Å². The third-order valence-corrected chi connectivity index (χ3v) is 6.48. The van der Waals surface area contributed by atoms with E-state index < -0.39 is 5.69 Å². The highest BCUT2D eigenvalue weighted by Gasteiger charge is 2.29. The van der Waals surface area contributed by atoms with E-state index >= 15 is 0 Å². The average Bonchev–Trinajstić information content (AvgIpc) is 3.73. The van der Waals surface area contributed by atoms with Gasteiger partial charge in [-0.25, -0.2) is 9.78 Å². The molecule has 1 amide bonds. The van der Waals surface area contributed by atoms with Crippen LogP contribution >= 0.6 is 0 Å². The van der Waals surface area contributed by atoms with Crippen LogP contribution in [0.25, 0.3) is 11.7 Å². The largest absolute Gasteiger partial charge is 0.493 e. The lowest BCUT2D eigenvalue weighted by Gasteiger charge is -2.35. The monoisotopic (exact) mass is 450 g/mol. The molecule has 3 N–H and O–H groups in total. The van der Waals surface area contributed by atoms with Gasteiger partial charge in [-0.2, -0.15) is 9.61 Å². The highest BCUT2D eigenvalue weighted by Crippen LogP contribution is 2.33. The molecule has 1 aliphatic heterocycles. The molecule has 0 aromatic carbocycles. The summed E-state index contributed by atoms with van der Waals surface area (Å²) < 4.78 is 1.70. The van der Waals surface area contributed by atoms with Gasteiger partial charge in [0.25, 0.3) is 0 Å². The van der Waals surface area contributed by atoms with Gasteiger partial charge in [-0.05, 0) is 37.7 Å². The summed E-state index contributed by atoms with van der Waals surface area (Å²) in [5.74, 6) is 1.42. The SMILES string of the molecule is O=C(CC1CC1)N1CCN(c2cc(=NC3CC3)n3nc/c(=C/c4[nH]c(=O)[nH]c4O)c3n2)CC1. The molecule has 1 saturated heterocycles. The van der Waals surface area contributed by atoms with Gasteiger partial charge in [0.15, 0.2) is 11.1 Å². The molecule has 0 unspecified atom stereocenters. The van der Waals surface area contributed by atoms with Crippen LogP contribution in [0.4, 0.5) is 5.82 Å². The van der Waals surface area contributed by atoms with Gasteiger partial charge in [0.2, 0.25) is 11.8 Å². The van der Waals surface area contributed by atoms with Crippen LogP contribution in [0.5, 0.6) is 5.88 Å². The highest BCUT2D eigenvalue weighted by molar-refractivity contribution is 5.77. The number of carbonyl (C=O) groups is 1. The summed E-state index contributed by atoms with van der Waals surface area (Å²) in [4.78, 5) is 42.7. The third-order valence-electron chi connectivity index (χ3n) is 6.48. The Bertz CT molecular complexity index is 1390. The van der Waals surface area contributed by atoms with Crippen LogP contribution in [0.2, 0.25) is 0 Å². The topological polar surface area (TPSA) is 135 Å². The Kier molecular flexibility index (Phi) is 4.70. The Balaban J connectivity index is 1.34. The number of carbonyl (C=O) groups excluding carboxylic acids is 1. The predicted molar refractivity (Wildman–Crippen MR) is 120 cm³/mol. The number of hydrogen-bond acceptors (Lipinski definition) is 7. The molecule has 0 radical (unpaired) electrons. The van der Waals surface area contributed by atoms with Crippen molar-refractivity contribution in [2.45, 2.75) is 38.1 Å². The van der Waals surface area contributed by atoms with E-state index in [1.165, 1.54) is 12.8 Å². The zero-order valence-electron chi connectivity index (χ0n) is 18.2. The van der Waals surface area contributed by atoms with Gasteiger partial charge in [-0.1, -0.05) is 0 Å². The molecule has 11 nitrogen and oxygen atoms in total. The summed E-state index contributed by atoms with van der Waals surface area (Å²) in [5, 5.41) is 15.1. The Morgan fingerprint density at radius 3 is 2.64 bits per heavy atom. The van der Waals surface area contributed by atoms with Crippen molar-refractivity contribution >= 4 is 23.4 Å². The number of H-pyrrole nitrogens is 2. The summed E-state index contributed by atoms with van der Waals surface area (Å²) in [6.07, 6.45) is 8.47. The lowest BCUT2D eigenvalue weighted by molar-refractivity contribution is -0.131. The number of fused-ring (bicyclic) bond motifs is 1. The second-order valence-corrected chi connectivity index (χ2v) is 9.17. The summed E-state index contributed by atoms with van der Waals surface area (Å²) in [6, 6.07) is 2.27. The molecule has 3 aliphatic rings. The first-order valence-electron chi connectivity index (χ1n) is 11.5. The number of imidazole rings is 1. The molecule has 33 heavy (non-hydrogen) atoms. The standard InChI is InChI=1S/C22H26N8O3/c31-19(9-13-1-2-13)29-7-5-28(6-8-29)17-11-18(24-15-3-4-15)30-20(26-17)14(12-23-30)10-16-21(32)27-22(33)25-16/h10-13,15,32H,1-9H2,(H2,25,27,33)/b14-10-,24-18?. The molecular formula is C22H26N8O3. The molecule has 2 aliphatic carbocycles. The van der Waals surface area contributed by atoms with E-state index in [9.17, 15) is 14.7 Å². The Hall–Kier alpha value is -3.63. The van der Waals surface area contributed by atoms with Crippen LogP contribution in [-0.2, 0) is 4.79 Å². The molecule has 4 heterocycles. The Morgan fingerprint density at radius 1 is 1.18 bits per heavy atom. The lowest BCUT2D eigenvalue weighted by Crippen LogP contribution is -2.49. The van der Waals surface area contributed by atoms with E-state index in [1.54, 1.807) is 16.8 Å². The van der Waals surface area contributed by atoms with Crippen LogP contribution in [0.3, 0.4) is 0 Å². The maximum Gasteiger partial charge on any atom is 0.326 e. The Morgan fingerprint density at radius 2 is 1.97 bits per heavy atom. The number of aromatic hydroxyl groups is 1. The first kappa shape index (κ1) is 20.0. The van der Waals surface area contributed by atoms with Gasteiger partial charge < -0.3 is 19.9 Å². The average molecular weight is 451 g/mol. The summed E-state index contributed by atoms with van der Waals surface area (Å²) in [7, 11) is 0. The number of anilines is 1. The summed E-state index contributed by atoms with van der Waals surface area (Å²) >= 11 is 0. The predicted octanol–water partition coefficient (Wildman–Crippen LogP) is -0.489. The molecule has 172 valence electrons. The molecule has 3 aromatic heterocycles. The molecule has 11 heteroatoms. The van der Waals surface area contributed by atoms with Crippen molar-refractivity contribution in [3.05, 3.63) is 39.1 Å². The third kappa shape index (κ3) is 4.10. The van der Waals surface area contributed by atoms with Crippen molar-refractivity contribution < 1.29 is 9.90 Å². The van der Waals surface area contributed by atoms with Crippen LogP contribution < -0.4 is 21.3 Å². The van der Waals surface area contributed by atoms with Gasteiger partial charge in [0, 0.05) is 43.9 Å². The molecule has 0 spiro atoms. The van der Waals surface area contributed by atoms with E-state index in [1.807, 2.05) is 11.0 Å². The van der Waals surface area contributed by atoms with Gasteiger partial charge in [-0.15, -0.1) is 0 Å². The molecule has 0 bridgehead atoms. The van der Waals surface area contributed by atoms with Crippen molar-refractivity contribution in [1.82, 2.24) is 29.5 Å². The molecular weight excluding hydrogens is 424 g/mol. The zero-order chi connectivity index (χ0) is 22.5. The van der Waals surface area contributed by atoms with E-state index in [4.69, 9.17) is 9.98 Å². The van der Waals surface area contributed by atoms with Crippen molar-refractivity contribution in [2.24, 2.45) is 10.9 Å². The van der Waals surface area contributed by atoms with Gasteiger partial charge >= 0.3 is 5.69 Å². The molecule has 2 saturated carbocycles. The molecule has 6 rings (SSSR count). The van der Waals surface area contributed by atoms with E-state index in [2.05, 4.69) is 20.0 Å². The quantitative estimate of drug-likeness (QED) is 0.480. The maximum atomic E-state index is 12.5. The number of aromatic amines is 2. The van der Waals surface area contributed by atoms with E-state index in [0.29, 0.717) is 55.4 Å². The van der Waals surface area contributed by atoms with Crippen molar-refractivity contribution in [3.63, 3.8) is 0 Å². The van der Waals surface area contributed by atoms with Crippen molar-refractivity contribution in [1.29, 1.82) is 0 Å². The normalized spacial score (nSPS) is 20.2. The number of hydrogen-bond donors (Lipinski definition) is 3. The fourth-order valence-corrected chi connectivity index (χ4v) is 4.23. The maximum absolute atomic E-state index is 12.5. The van der Waals surface area contributed by atoms with E-state index in [-0.39, 0.29) is 17.5 Å². The number of piperazine rings is 1. The summed E-state index contributed by atoms with van der Waals surface area (Å²) in [5.41, 5.74) is 1.12. The Labute approximate surface area is 188 Å². The van der Waals surface area contributed by atoms with Gasteiger partial charge in [0.1, 0.15) is 11.5 Å². The highest BCUT2D eigenvalue weighted by atomic mass is 16.3. The van der Waals surface area contributed by atoms with Crippen LogP contribution in [0.1, 0.15) is 37.8 Å². The fraction of sp³-hybridized carbons (Fsp3) is 0.500. The molecule has 0 atom stereocenters. The smallest absolute Gasteiger partial charge is 0.326 e. The number of nitrogens with zero attached hydrogens (tertiary/aromatic N) is 6. The second-order valence-electron chi connectivity index (χ2n) is 9.17. The number of rotatable bonds is 5. The fourth-order valence-electron chi connectivity index (χ4n) is 4.23. The van der Waals surface area contributed by atoms with Gasteiger partial charge in [-0.3, -0.25) is 14.8 Å². The first-order chi connectivity index (χ1) is 16.0. The number of aromatic nitrogens is 5. The van der Waals surface area contributed by atoms with Crippen molar-refractivity contribution in [2.75, 3.05) is 31.1 Å². The minimum absolute atomic E-state index is 0.231. The van der Waals surface area contributed by atoms with Gasteiger partial charge in [0.05, 0.1) is 12.2 Å². The minimum Gasteiger partial charge on any atom is -0.493 e. The molecule has 3 fully saturated rings. The lowest BCUT2D eigenvalue weighted by atomic mass is 10.2. The summed E-state index contributed by atoms with van der Waals surface area (Å²) in [6.45, 7) is 2.79.